The molecule has 2 fully saturated rings. The number of hydrogen-bond donors (Lipinski definition) is 0. The molecule has 0 saturated carbocycles. The maximum absolute atomic E-state index is 10.6. The molecule has 3 rings (SSSR count). The van der Waals surface area contributed by atoms with E-state index in [1.807, 2.05) is 12.2 Å². The van der Waals surface area contributed by atoms with Crippen molar-refractivity contribution in [1.82, 2.24) is 0 Å². The normalized spacial score (nSPS) is 50.7. The fourth-order valence-corrected chi connectivity index (χ4v) is 1.76. The molecule has 4 nitrogen and oxygen atoms in total. The molecule has 3 aliphatic heterocycles. The zero-order valence-electron chi connectivity index (χ0n) is 5.60. The molecule has 58 valence electrons. The van der Waals surface area contributed by atoms with E-state index in [1.54, 1.807) is 0 Å². The van der Waals surface area contributed by atoms with Crippen molar-refractivity contribution in [2.45, 2.75) is 24.4 Å². The van der Waals surface area contributed by atoms with Crippen LogP contribution in [0, 0.1) is 0 Å². The summed E-state index contributed by atoms with van der Waals surface area (Å²) in [5.41, 5.74) is 0. The molecule has 3 heterocycles. The summed E-state index contributed by atoms with van der Waals surface area (Å²) in [6.45, 7) is 0. The van der Waals surface area contributed by atoms with Crippen molar-refractivity contribution in [2.24, 2.45) is 0 Å². The number of fused-ring (bicyclic) bond motifs is 5. The van der Waals surface area contributed by atoms with E-state index in [-0.39, 0.29) is 24.4 Å². The van der Waals surface area contributed by atoms with Gasteiger partial charge in [-0.15, -0.1) is 0 Å². The zero-order chi connectivity index (χ0) is 7.42. The summed E-state index contributed by atoms with van der Waals surface area (Å²) in [6.07, 6.45) is 2.71. The van der Waals surface area contributed by atoms with Crippen LogP contribution in [0.3, 0.4) is 0 Å². The van der Waals surface area contributed by atoms with Crippen molar-refractivity contribution in [3.8, 4) is 0 Å². The van der Waals surface area contributed by atoms with Gasteiger partial charge in [0.25, 0.3) is 0 Å². The molecule has 4 atom stereocenters. The van der Waals surface area contributed by atoms with Crippen LogP contribution in [0.5, 0.6) is 0 Å². The van der Waals surface area contributed by atoms with E-state index in [9.17, 15) is 4.79 Å². The van der Waals surface area contributed by atoms with Crippen LogP contribution in [0.2, 0.25) is 0 Å². The number of carbonyl (C=O) groups excluding carboxylic acids is 1. The van der Waals surface area contributed by atoms with Gasteiger partial charge in [-0.1, -0.05) is 12.2 Å². The summed E-state index contributed by atoms with van der Waals surface area (Å²) in [5.74, 6) is 0. The molecule has 0 N–H and O–H groups in total. The Kier molecular flexibility index (Phi) is 0.806. The van der Waals surface area contributed by atoms with Gasteiger partial charge in [0, 0.05) is 0 Å². The molecule has 0 unspecified atom stereocenters. The lowest BCUT2D eigenvalue weighted by Gasteiger charge is -2.10. The lowest BCUT2D eigenvalue weighted by atomic mass is 10.0. The quantitative estimate of drug-likeness (QED) is 0.370. The van der Waals surface area contributed by atoms with Gasteiger partial charge in [0.2, 0.25) is 0 Å². The highest BCUT2D eigenvalue weighted by molar-refractivity contribution is 5.63. The van der Waals surface area contributed by atoms with Crippen LogP contribution >= 0.6 is 0 Å². The van der Waals surface area contributed by atoms with E-state index in [0.717, 1.165) is 0 Å². The Labute approximate surface area is 62.7 Å². The Morgan fingerprint density at radius 2 is 1.64 bits per heavy atom. The van der Waals surface area contributed by atoms with Gasteiger partial charge >= 0.3 is 6.16 Å². The van der Waals surface area contributed by atoms with Crippen LogP contribution in [-0.4, -0.2) is 30.6 Å². The Balaban J connectivity index is 1.97. The van der Waals surface area contributed by atoms with Crippen LogP contribution in [0.15, 0.2) is 12.2 Å². The van der Waals surface area contributed by atoms with E-state index >= 15 is 0 Å². The van der Waals surface area contributed by atoms with E-state index in [1.165, 1.54) is 0 Å². The van der Waals surface area contributed by atoms with Crippen molar-refractivity contribution in [3.63, 3.8) is 0 Å². The summed E-state index contributed by atoms with van der Waals surface area (Å²) in [7, 11) is 0. The minimum Gasteiger partial charge on any atom is -0.424 e. The van der Waals surface area contributed by atoms with Gasteiger partial charge in [0.05, 0.1) is 0 Å². The Hall–Kier alpha value is -1.03. The Bertz CT molecular complexity index is 225. The molecular weight excluding hydrogens is 148 g/mol. The fourth-order valence-electron chi connectivity index (χ4n) is 1.76. The third-order valence-electron chi connectivity index (χ3n) is 2.24. The molecule has 0 aromatic carbocycles. The van der Waals surface area contributed by atoms with Gasteiger partial charge in [-0.25, -0.2) is 4.79 Å². The summed E-state index contributed by atoms with van der Waals surface area (Å²) in [6, 6.07) is 0. The number of hydrogen-bond acceptors (Lipinski definition) is 4. The van der Waals surface area contributed by atoms with Crippen LogP contribution in [0.4, 0.5) is 4.79 Å². The molecule has 4 heteroatoms. The molecule has 11 heavy (non-hydrogen) atoms. The van der Waals surface area contributed by atoms with Gasteiger partial charge in [0.1, 0.15) is 12.2 Å². The van der Waals surface area contributed by atoms with Gasteiger partial charge in [-0.3, -0.25) is 0 Å². The second-order valence-corrected chi connectivity index (χ2v) is 2.87. The largest absolute Gasteiger partial charge is 0.509 e. The minimum absolute atomic E-state index is 0.0727. The molecular formula is C7H6O4. The summed E-state index contributed by atoms with van der Waals surface area (Å²) in [4.78, 5) is 10.6. The molecule has 3 aliphatic rings. The molecule has 0 aromatic heterocycles. The standard InChI is InChI=1S/C7H6O4/c8-7-10-5-3-1-2-4(9-3)6(5)11-7/h1-6H/t3-,4+,5-,6+. The lowest BCUT2D eigenvalue weighted by molar-refractivity contribution is 0.0262. The van der Waals surface area contributed by atoms with Crippen molar-refractivity contribution in [3.05, 3.63) is 12.2 Å². The van der Waals surface area contributed by atoms with Crippen LogP contribution in [0.1, 0.15) is 0 Å². The van der Waals surface area contributed by atoms with Crippen molar-refractivity contribution < 1.29 is 19.0 Å². The maximum atomic E-state index is 10.6. The average molecular weight is 154 g/mol. The zero-order valence-corrected chi connectivity index (χ0v) is 5.60. The highest BCUT2D eigenvalue weighted by Crippen LogP contribution is 2.37. The van der Waals surface area contributed by atoms with E-state index in [4.69, 9.17) is 14.2 Å². The van der Waals surface area contributed by atoms with E-state index in [0.29, 0.717) is 0 Å². The third-order valence-corrected chi connectivity index (χ3v) is 2.24. The van der Waals surface area contributed by atoms with E-state index in [2.05, 4.69) is 0 Å². The monoisotopic (exact) mass is 154 g/mol. The number of rotatable bonds is 0. The molecule has 0 radical (unpaired) electrons. The lowest BCUT2D eigenvalue weighted by Crippen LogP contribution is -2.30. The topological polar surface area (TPSA) is 44.8 Å². The van der Waals surface area contributed by atoms with Gasteiger partial charge in [-0.05, 0) is 0 Å². The fraction of sp³-hybridized carbons (Fsp3) is 0.571. The first kappa shape index (κ1) is 5.60. The SMILES string of the molecule is O=C1O[C@@H]2[C@H](O1)[C@H]1C=C[C@@H]2O1. The van der Waals surface area contributed by atoms with Crippen LogP contribution in [0.25, 0.3) is 0 Å². The molecule has 2 saturated heterocycles. The van der Waals surface area contributed by atoms with Crippen molar-refractivity contribution in [2.75, 3.05) is 0 Å². The van der Waals surface area contributed by atoms with Crippen molar-refractivity contribution >= 4 is 6.16 Å². The van der Waals surface area contributed by atoms with E-state index < -0.39 is 6.16 Å². The predicted molar refractivity (Wildman–Crippen MR) is 32.9 cm³/mol. The Morgan fingerprint density at radius 1 is 1.09 bits per heavy atom. The maximum Gasteiger partial charge on any atom is 0.509 e. The number of carbonyl (C=O) groups is 1. The summed E-state index contributed by atoms with van der Waals surface area (Å²) < 4.78 is 15.1. The molecule has 0 spiro atoms. The first-order valence-electron chi connectivity index (χ1n) is 3.56. The third kappa shape index (κ3) is 0.557. The second kappa shape index (κ2) is 1.58. The van der Waals surface area contributed by atoms with Gasteiger partial charge in [0.15, 0.2) is 12.2 Å². The average Bonchev–Trinajstić information content (AvgIpc) is 2.53. The minimum atomic E-state index is -0.568. The first-order chi connectivity index (χ1) is 5.34. The summed E-state index contributed by atoms with van der Waals surface area (Å²) in [5, 5.41) is 0. The van der Waals surface area contributed by atoms with Crippen molar-refractivity contribution in [1.29, 1.82) is 0 Å². The highest BCUT2D eigenvalue weighted by atomic mass is 16.8. The highest BCUT2D eigenvalue weighted by Gasteiger charge is 2.55. The van der Waals surface area contributed by atoms with Gasteiger partial charge in [-0.2, -0.15) is 0 Å². The Morgan fingerprint density at radius 3 is 2.18 bits per heavy atom. The molecule has 2 bridgehead atoms. The first-order valence-corrected chi connectivity index (χ1v) is 3.56. The van der Waals surface area contributed by atoms with Crippen LogP contribution in [-0.2, 0) is 14.2 Å². The predicted octanol–water partition coefficient (Wildman–Crippen LogP) is 0.228. The smallest absolute Gasteiger partial charge is 0.424 e. The second-order valence-electron chi connectivity index (χ2n) is 2.87. The summed E-state index contributed by atoms with van der Waals surface area (Å²) >= 11 is 0. The number of ether oxygens (including phenoxy) is 3. The molecule has 0 aliphatic carbocycles. The molecule has 0 aromatic rings. The van der Waals surface area contributed by atoms with Crippen LogP contribution < -0.4 is 0 Å². The van der Waals surface area contributed by atoms with Gasteiger partial charge < -0.3 is 14.2 Å². The molecule has 0 amide bonds.